The van der Waals surface area contributed by atoms with E-state index in [1.165, 1.54) is 12.1 Å². The first-order valence-electron chi connectivity index (χ1n) is 5.46. The van der Waals surface area contributed by atoms with E-state index >= 15 is 0 Å². The van der Waals surface area contributed by atoms with E-state index in [2.05, 4.69) is 0 Å². The van der Waals surface area contributed by atoms with E-state index in [0.29, 0.717) is 11.3 Å². The van der Waals surface area contributed by atoms with Crippen LogP contribution in [0.3, 0.4) is 0 Å². The van der Waals surface area contributed by atoms with Gasteiger partial charge in [0.15, 0.2) is 0 Å². The molecule has 0 radical (unpaired) electrons. The van der Waals surface area contributed by atoms with E-state index in [1.54, 1.807) is 13.0 Å². The maximum Gasteiger partial charge on any atom is 0.389 e. The number of halogens is 4. The third kappa shape index (κ3) is 5.14. The lowest BCUT2D eigenvalue weighted by molar-refractivity contribution is -0.136. The smallest absolute Gasteiger partial charge is 0.389 e. The van der Waals surface area contributed by atoms with Crippen LogP contribution in [0, 0.1) is 0 Å². The van der Waals surface area contributed by atoms with Gasteiger partial charge in [0.05, 0.1) is 17.7 Å². The summed E-state index contributed by atoms with van der Waals surface area (Å²) in [7, 11) is 0. The van der Waals surface area contributed by atoms with Crippen LogP contribution in [0.25, 0.3) is 0 Å². The Morgan fingerprint density at radius 3 is 2.56 bits per heavy atom. The maximum absolute atomic E-state index is 11.9. The largest absolute Gasteiger partial charge is 0.492 e. The number of rotatable bonds is 5. The highest BCUT2D eigenvalue weighted by atomic mass is 35.5. The van der Waals surface area contributed by atoms with Gasteiger partial charge in [-0.1, -0.05) is 17.7 Å². The average molecular weight is 283 g/mol. The third-order valence-corrected chi connectivity index (χ3v) is 2.60. The molecule has 1 N–H and O–H groups in total. The van der Waals surface area contributed by atoms with Gasteiger partial charge in [0.25, 0.3) is 0 Å². The Kier molecular flexibility index (Phi) is 5.28. The van der Waals surface area contributed by atoms with Crippen LogP contribution in [0.2, 0.25) is 5.02 Å². The quantitative estimate of drug-likeness (QED) is 0.824. The van der Waals surface area contributed by atoms with Crippen molar-refractivity contribution in [1.29, 1.82) is 0 Å². The summed E-state index contributed by atoms with van der Waals surface area (Å²) < 4.78 is 40.8. The molecule has 0 aliphatic carbocycles. The van der Waals surface area contributed by atoms with Gasteiger partial charge in [-0.05, 0) is 31.0 Å². The molecule has 0 heterocycles. The molecule has 1 atom stereocenters. The maximum atomic E-state index is 11.9. The van der Waals surface area contributed by atoms with E-state index in [1.807, 2.05) is 0 Å². The normalized spacial score (nSPS) is 13.4. The van der Waals surface area contributed by atoms with Crippen LogP contribution >= 0.6 is 11.6 Å². The van der Waals surface area contributed by atoms with Crippen molar-refractivity contribution in [2.75, 3.05) is 6.61 Å². The van der Waals surface area contributed by atoms with Crippen molar-refractivity contribution in [3.8, 4) is 5.75 Å². The molecule has 18 heavy (non-hydrogen) atoms. The highest BCUT2D eigenvalue weighted by Crippen LogP contribution is 2.28. The van der Waals surface area contributed by atoms with Crippen LogP contribution in [-0.4, -0.2) is 17.9 Å². The fraction of sp³-hybridized carbons (Fsp3) is 0.500. The minimum absolute atomic E-state index is 0.0484. The topological polar surface area (TPSA) is 29.5 Å². The Labute approximate surface area is 108 Å². The van der Waals surface area contributed by atoms with Gasteiger partial charge in [-0.3, -0.25) is 0 Å². The number of benzene rings is 1. The second kappa shape index (κ2) is 6.29. The lowest BCUT2D eigenvalue weighted by atomic mass is 10.1. The van der Waals surface area contributed by atoms with Gasteiger partial charge in [-0.2, -0.15) is 13.2 Å². The van der Waals surface area contributed by atoms with Gasteiger partial charge in [-0.25, -0.2) is 0 Å². The van der Waals surface area contributed by atoms with Crippen molar-refractivity contribution < 1.29 is 23.0 Å². The summed E-state index contributed by atoms with van der Waals surface area (Å²) in [4.78, 5) is 0. The van der Waals surface area contributed by atoms with Gasteiger partial charge < -0.3 is 9.84 Å². The Bertz CT molecular complexity index is 391. The first kappa shape index (κ1) is 15.1. The molecule has 6 heteroatoms. The van der Waals surface area contributed by atoms with Crippen LogP contribution in [-0.2, 0) is 0 Å². The van der Waals surface area contributed by atoms with Gasteiger partial charge in [0, 0.05) is 6.42 Å². The van der Waals surface area contributed by atoms with E-state index in [9.17, 15) is 18.3 Å². The molecule has 102 valence electrons. The molecule has 2 nitrogen and oxygen atoms in total. The van der Waals surface area contributed by atoms with E-state index in [0.717, 1.165) is 0 Å². The lowest BCUT2D eigenvalue weighted by Crippen LogP contribution is -2.09. The zero-order valence-electron chi connectivity index (χ0n) is 9.80. The summed E-state index contributed by atoms with van der Waals surface area (Å²) in [6.07, 6.45) is -5.81. The van der Waals surface area contributed by atoms with Crippen LogP contribution in [0.1, 0.15) is 31.4 Å². The molecule has 1 rings (SSSR count). The number of hydrogen-bond donors (Lipinski definition) is 1. The monoisotopic (exact) mass is 282 g/mol. The Morgan fingerprint density at radius 1 is 1.39 bits per heavy atom. The van der Waals surface area contributed by atoms with Crippen molar-refractivity contribution in [3.05, 3.63) is 28.8 Å². The number of alkyl halides is 3. The first-order chi connectivity index (χ1) is 8.29. The predicted molar refractivity (Wildman–Crippen MR) is 62.9 cm³/mol. The molecule has 0 aliphatic heterocycles. The number of aliphatic hydroxyl groups is 1. The fourth-order valence-electron chi connectivity index (χ4n) is 1.35. The first-order valence-corrected chi connectivity index (χ1v) is 5.84. The van der Waals surface area contributed by atoms with Crippen molar-refractivity contribution in [2.24, 2.45) is 0 Å². The average Bonchev–Trinajstić information content (AvgIpc) is 2.24. The molecular formula is C12H14ClF3O2. The zero-order valence-corrected chi connectivity index (χ0v) is 10.6. The molecular weight excluding hydrogens is 269 g/mol. The standard InChI is InChI=1S/C12H14ClF3O2/c1-8(17)9-3-4-11(10(13)7-9)18-6-2-5-12(14,15)16/h3-4,7-8,17H,2,5-6H2,1H3. The van der Waals surface area contributed by atoms with Gasteiger partial charge in [0.1, 0.15) is 5.75 Å². The van der Waals surface area contributed by atoms with E-state index in [-0.39, 0.29) is 18.1 Å². The predicted octanol–water partition coefficient (Wildman–Crippen LogP) is 4.11. The van der Waals surface area contributed by atoms with Crippen LogP contribution in [0.4, 0.5) is 13.2 Å². The van der Waals surface area contributed by atoms with Gasteiger partial charge >= 0.3 is 6.18 Å². The van der Waals surface area contributed by atoms with Crippen molar-refractivity contribution in [3.63, 3.8) is 0 Å². The molecule has 0 saturated heterocycles. The number of ether oxygens (including phenoxy) is 1. The minimum Gasteiger partial charge on any atom is -0.492 e. The number of aliphatic hydroxyl groups excluding tert-OH is 1. The summed E-state index contributed by atoms with van der Waals surface area (Å²) in [6, 6.07) is 4.69. The molecule has 0 amide bonds. The third-order valence-electron chi connectivity index (χ3n) is 2.30. The molecule has 1 aromatic carbocycles. The van der Waals surface area contributed by atoms with E-state index in [4.69, 9.17) is 16.3 Å². The molecule has 1 unspecified atom stereocenters. The summed E-state index contributed by atoms with van der Waals surface area (Å²) in [5.41, 5.74) is 0.627. The van der Waals surface area contributed by atoms with Crippen molar-refractivity contribution in [2.45, 2.75) is 32.0 Å². The molecule has 1 aromatic rings. The fourth-order valence-corrected chi connectivity index (χ4v) is 1.59. The highest BCUT2D eigenvalue weighted by molar-refractivity contribution is 6.32. The second-order valence-corrected chi connectivity index (χ2v) is 4.34. The summed E-state index contributed by atoms with van der Waals surface area (Å²) >= 11 is 5.88. The molecule has 0 saturated carbocycles. The summed E-state index contributed by atoms with van der Waals surface area (Å²) in [6.45, 7) is 1.54. The second-order valence-electron chi connectivity index (χ2n) is 3.93. The summed E-state index contributed by atoms with van der Waals surface area (Å²) in [5.74, 6) is 0.322. The Balaban J connectivity index is 2.48. The molecule has 0 spiro atoms. The lowest BCUT2D eigenvalue weighted by Gasteiger charge is -2.11. The Morgan fingerprint density at radius 2 is 2.06 bits per heavy atom. The minimum atomic E-state index is -4.16. The van der Waals surface area contributed by atoms with E-state index < -0.39 is 18.7 Å². The van der Waals surface area contributed by atoms with Crippen molar-refractivity contribution >= 4 is 11.6 Å². The SMILES string of the molecule is CC(O)c1ccc(OCCCC(F)(F)F)c(Cl)c1. The molecule has 0 bridgehead atoms. The highest BCUT2D eigenvalue weighted by Gasteiger charge is 2.26. The molecule has 0 aromatic heterocycles. The molecule has 0 fully saturated rings. The van der Waals surface area contributed by atoms with Crippen LogP contribution in [0.15, 0.2) is 18.2 Å². The van der Waals surface area contributed by atoms with Crippen molar-refractivity contribution in [1.82, 2.24) is 0 Å². The number of hydrogen-bond acceptors (Lipinski definition) is 2. The summed E-state index contributed by atoms with van der Waals surface area (Å²) in [5, 5.41) is 9.60. The van der Waals surface area contributed by atoms with Gasteiger partial charge in [-0.15, -0.1) is 0 Å². The zero-order chi connectivity index (χ0) is 13.8. The Hall–Kier alpha value is -0.940. The van der Waals surface area contributed by atoms with Crippen LogP contribution < -0.4 is 4.74 Å². The molecule has 0 aliphatic rings. The van der Waals surface area contributed by atoms with Crippen LogP contribution in [0.5, 0.6) is 5.75 Å². The van der Waals surface area contributed by atoms with Gasteiger partial charge in [0.2, 0.25) is 0 Å².